The lowest BCUT2D eigenvalue weighted by molar-refractivity contribution is 0.722. The maximum Gasteiger partial charge on any atom is 0.0736 e. The molecular formula is C74H46N2S2. The van der Waals surface area contributed by atoms with E-state index in [1.807, 2.05) is 23.5 Å². The smallest absolute Gasteiger partial charge is 0.0736 e. The van der Waals surface area contributed by atoms with Crippen LogP contribution in [-0.2, 0) is 10.8 Å². The van der Waals surface area contributed by atoms with Crippen LogP contribution in [-0.4, -0.2) is 4.57 Å². The van der Waals surface area contributed by atoms with E-state index in [2.05, 4.69) is 289 Å². The highest BCUT2D eigenvalue weighted by molar-refractivity contribution is 7.99. The molecular weight excluding hydrogens is 981 g/mol. The number of hydrogen-bond acceptors (Lipinski definition) is 3. The van der Waals surface area contributed by atoms with Crippen molar-refractivity contribution < 1.29 is 0 Å². The molecule has 364 valence electrons. The summed E-state index contributed by atoms with van der Waals surface area (Å²) in [6.45, 7) is 0. The fraction of sp³-hybridized carbons (Fsp3) is 0.0270. The molecule has 2 spiro atoms. The van der Waals surface area contributed by atoms with Crippen molar-refractivity contribution in [3.63, 3.8) is 0 Å². The van der Waals surface area contributed by atoms with Crippen molar-refractivity contribution in [2.24, 2.45) is 0 Å². The van der Waals surface area contributed by atoms with Crippen molar-refractivity contribution >= 4 is 62.4 Å². The van der Waals surface area contributed by atoms with E-state index < -0.39 is 10.8 Å². The first-order chi connectivity index (χ1) is 38.7. The van der Waals surface area contributed by atoms with E-state index in [4.69, 9.17) is 0 Å². The van der Waals surface area contributed by atoms with Crippen LogP contribution >= 0.6 is 23.5 Å². The highest BCUT2D eigenvalue weighted by Crippen LogP contribution is 2.66. The lowest BCUT2D eigenvalue weighted by Crippen LogP contribution is -2.32. The number of hydrogen-bond donors (Lipinski definition) is 0. The van der Waals surface area contributed by atoms with E-state index in [0.717, 1.165) is 22.7 Å². The molecule has 2 aliphatic heterocycles. The number of nitrogens with zero attached hydrogens (tertiary/aromatic N) is 2. The van der Waals surface area contributed by atoms with E-state index in [0.29, 0.717) is 0 Å². The van der Waals surface area contributed by atoms with Gasteiger partial charge in [0, 0.05) is 53.0 Å². The minimum absolute atomic E-state index is 0.469. The van der Waals surface area contributed by atoms with Crippen LogP contribution in [0.5, 0.6) is 0 Å². The third-order valence-electron chi connectivity index (χ3n) is 17.3. The van der Waals surface area contributed by atoms with Gasteiger partial charge in [0.1, 0.15) is 0 Å². The molecule has 2 aliphatic carbocycles. The Kier molecular flexibility index (Phi) is 9.45. The van der Waals surface area contributed by atoms with Crippen molar-refractivity contribution in [2.45, 2.75) is 30.4 Å². The Balaban J connectivity index is 0.898. The molecule has 0 unspecified atom stereocenters. The predicted molar refractivity (Wildman–Crippen MR) is 324 cm³/mol. The zero-order valence-electron chi connectivity index (χ0n) is 42.3. The summed E-state index contributed by atoms with van der Waals surface area (Å²) in [5.74, 6) is 0. The molecule has 13 aromatic rings. The molecule has 0 fully saturated rings. The molecule has 78 heavy (non-hydrogen) atoms. The van der Waals surface area contributed by atoms with Crippen LogP contribution in [0.2, 0.25) is 0 Å². The number of aromatic nitrogens is 1. The predicted octanol–water partition coefficient (Wildman–Crippen LogP) is 19.6. The molecule has 2 nitrogen and oxygen atoms in total. The standard InChI is InChI=1S/C74H46N2S2/c1-2-19-49(20-3-1)76-65-31-13-6-22-53(65)56-45-48(39-44-66(56)76)47-37-40-50(41-38-47)75(51-42-43-59-55(46-51)52-21-4-7-24-57(52)73(59)60-26-9-14-33-68(60)77-69-34-15-10-27-61(69)73)67-32-18-30-64-72(67)54-23-5-8-25-58(54)74(64)62-28-11-16-35-70(62)78-71-36-17-12-29-63(71)74/h1-46H. The molecule has 0 bridgehead atoms. The first-order valence-corrected chi connectivity index (χ1v) is 28.5. The minimum atomic E-state index is -0.513. The second-order valence-electron chi connectivity index (χ2n) is 21.0. The molecule has 0 atom stereocenters. The first-order valence-electron chi connectivity index (χ1n) is 26.9. The Morgan fingerprint density at radius 3 is 1.42 bits per heavy atom. The Morgan fingerprint density at radius 1 is 0.295 bits per heavy atom. The molecule has 4 aliphatic rings. The molecule has 0 saturated carbocycles. The zero-order valence-corrected chi connectivity index (χ0v) is 43.9. The maximum atomic E-state index is 2.55. The van der Waals surface area contributed by atoms with Crippen LogP contribution in [0.25, 0.3) is 60.9 Å². The summed E-state index contributed by atoms with van der Waals surface area (Å²) in [6.07, 6.45) is 0. The molecule has 12 aromatic carbocycles. The fourth-order valence-electron chi connectivity index (χ4n) is 14.3. The van der Waals surface area contributed by atoms with Gasteiger partial charge in [0.15, 0.2) is 0 Å². The average Bonchev–Trinajstić information content (AvgIpc) is 4.29. The van der Waals surface area contributed by atoms with Gasteiger partial charge < -0.3 is 9.47 Å². The highest BCUT2D eigenvalue weighted by atomic mass is 32.2. The van der Waals surface area contributed by atoms with Gasteiger partial charge in [-0.15, -0.1) is 0 Å². The summed E-state index contributed by atoms with van der Waals surface area (Å²) in [6, 6.07) is 105. The summed E-state index contributed by atoms with van der Waals surface area (Å²) < 4.78 is 2.39. The third kappa shape index (κ3) is 5.91. The number of para-hydroxylation sites is 2. The van der Waals surface area contributed by atoms with Gasteiger partial charge >= 0.3 is 0 Å². The van der Waals surface area contributed by atoms with E-state index >= 15 is 0 Å². The largest absolute Gasteiger partial charge is 0.310 e. The second-order valence-corrected chi connectivity index (χ2v) is 23.2. The van der Waals surface area contributed by atoms with Crippen molar-refractivity contribution in [1.82, 2.24) is 4.57 Å². The first kappa shape index (κ1) is 44.1. The molecule has 0 N–H and O–H groups in total. The zero-order chi connectivity index (χ0) is 51.1. The molecule has 0 radical (unpaired) electrons. The van der Waals surface area contributed by atoms with Crippen LogP contribution < -0.4 is 4.90 Å². The van der Waals surface area contributed by atoms with Crippen molar-refractivity contribution in [2.75, 3.05) is 4.90 Å². The quantitative estimate of drug-likeness (QED) is 0.170. The SMILES string of the molecule is c1ccc(-n2c3ccccc3c3cc(-c4ccc(N(c5ccc6c(c5)-c5ccccc5C65c6ccccc6Sc6ccccc65)c5cccc6c5-c5ccccc5C65c6ccccc6Sc6ccccc65)cc4)ccc32)cc1. The van der Waals surface area contributed by atoms with Crippen LogP contribution in [0.3, 0.4) is 0 Å². The lowest BCUT2D eigenvalue weighted by atomic mass is 9.67. The van der Waals surface area contributed by atoms with Gasteiger partial charge in [-0.3, -0.25) is 0 Å². The van der Waals surface area contributed by atoms with Crippen LogP contribution in [0.15, 0.2) is 299 Å². The summed E-state index contributed by atoms with van der Waals surface area (Å²) >= 11 is 3.78. The second kappa shape index (κ2) is 16.7. The molecule has 17 rings (SSSR count). The summed E-state index contributed by atoms with van der Waals surface area (Å²) in [5, 5.41) is 2.49. The Bertz CT molecular complexity index is 4550. The normalized spacial score (nSPS) is 14.3. The van der Waals surface area contributed by atoms with E-state index in [1.54, 1.807) is 0 Å². The van der Waals surface area contributed by atoms with Gasteiger partial charge in [0.2, 0.25) is 0 Å². The average molecular weight is 1030 g/mol. The Morgan fingerprint density at radius 2 is 0.769 bits per heavy atom. The summed E-state index contributed by atoms with van der Waals surface area (Å²) in [4.78, 5) is 7.77. The van der Waals surface area contributed by atoms with Gasteiger partial charge in [-0.2, -0.15) is 0 Å². The van der Waals surface area contributed by atoms with Crippen molar-refractivity contribution in [3.8, 4) is 39.1 Å². The maximum absolute atomic E-state index is 2.55. The summed E-state index contributed by atoms with van der Waals surface area (Å²) in [7, 11) is 0. The highest BCUT2D eigenvalue weighted by Gasteiger charge is 2.52. The molecule has 4 heteroatoms. The van der Waals surface area contributed by atoms with Gasteiger partial charge in [-0.05, 0) is 157 Å². The Hall–Kier alpha value is -9.06. The number of anilines is 3. The lowest BCUT2D eigenvalue weighted by Gasteiger charge is -2.40. The van der Waals surface area contributed by atoms with Crippen LogP contribution in [0.4, 0.5) is 17.1 Å². The molecule has 0 saturated heterocycles. The number of fused-ring (bicyclic) bond motifs is 21. The van der Waals surface area contributed by atoms with E-state index in [-0.39, 0.29) is 0 Å². The van der Waals surface area contributed by atoms with Gasteiger partial charge in [0.25, 0.3) is 0 Å². The summed E-state index contributed by atoms with van der Waals surface area (Å²) in [5.41, 5.74) is 24.0. The number of benzene rings is 12. The topological polar surface area (TPSA) is 8.17 Å². The van der Waals surface area contributed by atoms with Crippen LogP contribution in [0.1, 0.15) is 44.5 Å². The van der Waals surface area contributed by atoms with Gasteiger partial charge in [-0.1, -0.05) is 218 Å². The fourth-order valence-corrected chi connectivity index (χ4v) is 16.7. The minimum Gasteiger partial charge on any atom is -0.310 e. The van der Waals surface area contributed by atoms with E-state index in [9.17, 15) is 0 Å². The number of rotatable bonds is 5. The van der Waals surface area contributed by atoms with Crippen LogP contribution in [0, 0.1) is 0 Å². The van der Waals surface area contributed by atoms with Crippen molar-refractivity contribution in [1.29, 1.82) is 0 Å². The monoisotopic (exact) mass is 1030 g/mol. The molecule has 0 amide bonds. The van der Waals surface area contributed by atoms with Gasteiger partial charge in [-0.25, -0.2) is 0 Å². The Labute approximate surface area is 461 Å². The van der Waals surface area contributed by atoms with Gasteiger partial charge in [0.05, 0.1) is 27.6 Å². The molecule has 1 aromatic heterocycles. The van der Waals surface area contributed by atoms with E-state index in [1.165, 1.54) is 119 Å². The van der Waals surface area contributed by atoms with Crippen molar-refractivity contribution in [3.05, 3.63) is 324 Å². The molecule has 3 heterocycles. The third-order valence-corrected chi connectivity index (χ3v) is 19.6.